The zero-order chi connectivity index (χ0) is 8.27. The monoisotopic (exact) mass is 185 g/mol. The van der Waals surface area contributed by atoms with E-state index < -0.39 is 6.10 Å². The number of pyridine rings is 1. The lowest BCUT2D eigenvalue weighted by atomic mass is 10.2. The molecule has 1 aromatic rings. The van der Waals surface area contributed by atoms with Crippen LogP contribution in [0.1, 0.15) is 18.6 Å². The summed E-state index contributed by atoms with van der Waals surface area (Å²) in [4.78, 5) is 0. The minimum atomic E-state index is -0.394. The van der Waals surface area contributed by atoms with Crippen LogP contribution in [0.5, 0.6) is 0 Å². The summed E-state index contributed by atoms with van der Waals surface area (Å²) in [5.74, 6) is 0. The molecule has 0 fully saturated rings. The molecule has 12 heavy (non-hydrogen) atoms. The van der Waals surface area contributed by atoms with E-state index in [-0.39, 0.29) is 12.4 Å². The van der Waals surface area contributed by atoms with Gasteiger partial charge in [-0.25, -0.2) is 0 Å². The van der Waals surface area contributed by atoms with Gasteiger partial charge in [0.15, 0.2) is 18.6 Å². The quantitative estimate of drug-likeness (QED) is 0.537. The van der Waals surface area contributed by atoms with E-state index in [1.807, 2.05) is 29.1 Å². The Bertz CT molecular complexity index is 243. The van der Waals surface area contributed by atoms with Crippen LogP contribution in [-0.4, -0.2) is 5.11 Å². The molecule has 0 aliphatic heterocycles. The molecule has 66 valence electrons. The molecule has 0 bridgehead atoms. The zero-order valence-corrected chi connectivity index (χ0v) is 7.70. The second-order valence-corrected chi connectivity index (χ2v) is 2.44. The van der Waals surface area contributed by atoms with Crippen LogP contribution in [0.4, 0.5) is 0 Å². The maximum absolute atomic E-state index is 9.15. The van der Waals surface area contributed by atoms with E-state index in [1.54, 1.807) is 13.1 Å². The third-order valence-electron chi connectivity index (χ3n) is 1.57. The van der Waals surface area contributed by atoms with Crippen molar-refractivity contribution in [2.45, 2.75) is 13.0 Å². The second-order valence-electron chi connectivity index (χ2n) is 2.44. The third-order valence-corrected chi connectivity index (χ3v) is 1.57. The first-order chi connectivity index (χ1) is 5.24. The Hall–Kier alpha value is -0.860. The zero-order valence-electron chi connectivity index (χ0n) is 6.94. The molecule has 0 aliphatic carbocycles. The maximum atomic E-state index is 9.15. The fraction of sp³-hybridized carbons (Fsp3) is 0.222. The number of nitrogens with zero attached hydrogens (tertiary/aromatic N) is 1. The van der Waals surface area contributed by atoms with Crippen LogP contribution in [0.25, 0.3) is 6.20 Å². The first kappa shape index (κ1) is 11.1. The fourth-order valence-electron chi connectivity index (χ4n) is 0.850. The summed E-state index contributed by atoms with van der Waals surface area (Å²) in [6.45, 7) is 5.35. The Morgan fingerprint density at radius 3 is 2.33 bits per heavy atom. The molecule has 0 aliphatic rings. The normalized spacial score (nSPS) is 11.5. The van der Waals surface area contributed by atoms with Gasteiger partial charge in [-0.15, -0.1) is 0 Å². The van der Waals surface area contributed by atoms with Crippen molar-refractivity contribution in [3.63, 3.8) is 0 Å². The van der Waals surface area contributed by atoms with Gasteiger partial charge in [0.2, 0.25) is 0 Å². The van der Waals surface area contributed by atoms with Crippen LogP contribution in [-0.2, 0) is 0 Å². The lowest BCUT2D eigenvalue weighted by molar-refractivity contribution is -0.568. The highest BCUT2D eigenvalue weighted by atomic mass is 35.5. The van der Waals surface area contributed by atoms with Gasteiger partial charge in [-0.05, 0) is 19.1 Å². The SMILES string of the molecule is C=C[n+]1ccc(C(C)O)cc1.[Cl-]. The molecule has 1 aromatic heterocycles. The number of rotatable bonds is 2. The largest absolute Gasteiger partial charge is 1.00 e. The first-order valence-corrected chi connectivity index (χ1v) is 3.55. The number of aliphatic hydroxyl groups is 1. The minimum Gasteiger partial charge on any atom is -1.00 e. The van der Waals surface area contributed by atoms with Crippen LogP contribution in [0, 0.1) is 0 Å². The van der Waals surface area contributed by atoms with E-state index in [9.17, 15) is 0 Å². The summed E-state index contributed by atoms with van der Waals surface area (Å²) in [6.07, 6.45) is 5.02. The molecule has 0 saturated heterocycles. The Balaban J connectivity index is 0.00000121. The van der Waals surface area contributed by atoms with Crippen molar-refractivity contribution in [1.29, 1.82) is 0 Å². The highest BCUT2D eigenvalue weighted by Crippen LogP contribution is 2.07. The van der Waals surface area contributed by atoms with Gasteiger partial charge < -0.3 is 17.5 Å². The molecular formula is C9H12ClNO. The Morgan fingerprint density at radius 2 is 2.00 bits per heavy atom. The second kappa shape index (κ2) is 4.91. The van der Waals surface area contributed by atoms with Gasteiger partial charge in [0.25, 0.3) is 0 Å². The Kier molecular flexibility index (Phi) is 4.55. The average Bonchev–Trinajstić information content (AvgIpc) is 2.05. The van der Waals surface area contributed by atoms with Crippen molar-refractivity contribution in [2.24, 2.45) is 0 Å². The summed E-state index contributed by atoms with van der Waals surface area (Å²) in [5.41, 5.74) is 0.920. The number of hydrogen-bond donors (Lipinski definition) is 1. The van der Waals surface area contributed by atoms with E-state index in [2.05, 4.69) is 6.58 Å². The minimum absolute atomic E-state index is 0. The molecular weight excluding hydrogens is 174 g/mol. The van der Waals surface area contributed by atoms with Crippen molar-refractivity contribution >= 4 is 6.20 Å². The Morgan fingerprint density at radius 1 is 1.50 bits per heavy atom. The highest BCUT2D eigenvalue weighted by molar-refractivity contribution is 5.11. The molecule has 3 heteroatoms. The van der Waals surface area contributed by atoms with E-state index in [0.717, 1.165) is 5.56 Å². The van der Waals surface area contributed by atoms with Crippen molar-refractivity contribution < 1.29 is 22.1 Å². The lowest BCUT2D eigenvalue weighted by Crippen LogP contribution is -3.00. The number of aromatic nitrogens is 1. The number of hydrogen-bond acceptors (Lipinski definition) is 1. The van der Waals surface area contributed by atoms with Crippen LogP contribution >= 0.6 is 0 Å². The van der Waals surface area contributed by atoms with E-state index >= 15 is 0 Å². The van der Waals surface area contributed by atoms with Gasteiger partial charge >= 0.3 is 0 Å². The van der Waals surface area contributed by atoms with Crippen LogP contribution in [0.2, 0.25) is 0 Å². The van der Waals surface area contributed by atoms with Crippen molar-refractivity contribution in [2.75, 3.05) is 0 Å². The molecule has 1 N–H and O–H groups in total. The summed E-state index contributed by atoms with van der Waals surface area (Å²) in [5, 5.41) is 9.15. The number of halogens is 1. The molecule has 1 unspecified atom stereocenters. The van der Waals surface area contributed by atoms with Crippen LogP contribution in [0.15, 0.2) is 31.1 Å². The molecule has 0 spiro atoms. The molecule has 2 nitrogen and oxygen atoms in total. The summed E-state index contributed by atoms with van der Waals surface area (Å²) >= 11 is 0. The lowest BCUT2D eigenvalue weighted by Gasteiger charge is -2.00. The standard InChI is InChI=1S/C9H12NO.ClH/c1-3-10-6-4-9(5-7-10)8(2)11;/h3-8,11H,1H2,2H3;1H/q+1;/p-1. The molecule has 0 radical (unpaired) electrons. The fourth-order valence-corrected chi connectivity index (χ4v) is 0.850. The molecule has 0 aromatic carbocycles. The van der Waals surface area contributed by atoms with E-state index in [0.29, 0.717) is 0 Å². The Labute approximate surface area is 78.6 Å². The van der Waals surface area contributed by atoms with Gasteiger partial charge in [-0.1, -0.05) is 0 Å². The van der Waals surface area contributed by atoms with Crippen LogP contribution in [0.3, 0.4) is 0 Å². The van der Waals surface area contributed by atoms with Crippen molar-refractivity contribution in [3.8, 4) is 0 Å². The summed E-state index contributed by atoms with van der Waals surface area (Å²) < 4.78 is 1.83. The smallest absolute Gasteiger partial charge is 0.174 e. The molecule has 1 rings (SSSR count). The molecule has 0 amide bonds. The molecule has 1 heterocycles. The van der Waals surface area contributed by atoms with Gasteiger partial charge in [-0.3, -0.25) is 0 Å². The van der Waals surface area contributed by atoms with E-state index in [1.165, 1.54) is 0 Å². The molecule has 0 saturated carbocycles. The highest BCUT2D eigenvalue weighted by Gasteiger charge is 2.01. The summed E-state index contributed by atoms with van der Waals surface area (Å²) in [7, 11) is 0. The first-order valence-electron chi connectivity index (χ1n) is 3.55. The molecule has 1 atom stereocenters. The van der Waals surface area contributed by atoms with Crippen molar-refractivity contribution in [3.05, 3.63) is 36.7 Å². The van der Waals surface area contributed by atoms with Gasteiger partial charge in [0, 0.05) is 12.1 Å². The van der Waals surface area contributed by atoms with Crippen molar-refractivity contribution in [1.82, 2.24) is 0 Å². The van der Waals surface area contributed by atoms with Gasteiger partial charge in [-0.2, -0.15) is 4.57 Å². The maximum Gasteiger partial charge on any atom is 0.174 e. The summed E-state index contributed by atoms with van der Waals surface area (Å²) in [6, 6.07) is 3.73. The average molecular weight is 186 g/mol. The third kappa shape index (κ3) is 2.64. The van der Waals surface area contributed by atoms with E-state index in [4.69, 9.17) is 5.11 Å². The van der Waals surface area contributed by atoms with Gasteiger partial charge in [0.1, 0.15) is 0 Å². The number of aliphatic hydroxyl groups excluding tert-OH is 1. The van der Waals surface area contributed by atoms with Crippen LogP contribution < -0.4 is 17.0 Å². The van der Waals surface area contributed by atoms with Gasteiger partial charge in [0.05, 0.1) is 6.10 Å². The topological polar surface area (TPSA) is 24.1 Å². The predicted octanol–water partition coefficient (Wildman–Crippen LogP) is -1.87. The predicted molar refractivity (Wildman–Crippen MR) is 43.7 cm³/mol.